The van der Waals surface area contributed by atoms with Crippen LogP contribution in [0.5, 0.6) is 0 Å². The van der Waals surface area contributed by atoms with Gasteiger partial charge in [0.15, 0.2) is 11.6 Å². The fraction of sp³-hybridized carbons (Fsp3) is 0.500. The quantitative estimate of drug-likeness (QED) is 0.604. The summed E-state index contributed by atoms with van der Waals surface area (Å²) in [6.07, 6.45) is 0.739. The number of hydrogen-bond donors (Lipinski definition) is 1. The van der Waals surface area contributed by atoms with Gasteiger partial charge >= 0.3 is 0 Å². The van der Waals surface area contributed by atoms with E-state index in [0.717, 1.165) is 6.07 Å². The highest BCUT2D eigenvalue weighted by atomic mass is 19.2. The SMILES string of the molecule is COCC[C@@H](Cc1cc(F)c(F)cc1F)NOC. The van der Waals surface area contributed by atoms with Crippen LogP contribution in [0.1, 0.15) is 12.0 Å². The highest BCUT2D eigenvalue weighted by Gasteiger charge is 2.15. The number of nitrogens with one attached hydrogen (secondary N) is 1. The van der Waals surface area contributed by atoms with Gasteiger partial charge in [0, 0.05) is 25.8 Å². The fourth-order valence-corrected chi connectivity index (χ4v) is 1.62. The van der Waals surface area contributed by atoms with E-state index < -0.39 is 17.5 Å². The molecule has 1 atom stereocenters. The Balaban J connectivity index is 2.76. The molecule has 0 saturated carbocycles. The van der Waals surface area contributed by atoms with Crippen LogP contribution in [-0.4, -0.2) is 26.9 Å². The Morgan fingerprint density at radius 3 is 2.39 bits per heavy atom. The topological polar surface area (TPSA) is 30.5 Å². The summed E-state index contributed by atoms with van der Waals surface area (Å²) in [6.45, 7) is 0.451. The molecular formula is C12H16F3NO2. The molecule has 1 rings (SSSR count). The lowest BCUT2D eigenvalue weighted by molar-refractivity contribution is 0.0482. The van der Waals surface area contributed by atoms with E-state index in [2.05, 4.69) is 5.48 Å². The van der Waals surface area contributed by atoms with Gasteiger partial charge in [0.25, 0.3) is 0 Å². The zero-order valence-corrected chi connectivity index (χ0v) is 10.3. The van der Waals surface area contributed by atoms with E-state index in [1.54, 1.807) is 7.11 Å². The van der Waals surface area contributed by atoms with E-state index in [1.807, 2.05) is 0 Å². The van der Waals surface area contributed by atoms with Gasteiger partial charge in [-0.3, -0.25) is 0 Å². The molecule has 0 spiro atoms. The van der Waals surface area contributed by atoms with Gasteiger partial charge < -0.3 is 9.57 Å². The van der Waals surface area contributed by atoms with Gasteiger partial charge in [-0.25, -0.2) is 13.2 Å². The largest absolute Gasteiger partial charge is 0.385 e. The first-order chi connectivity index (χ1) is 8.58. The van der Waals surface area contributed by atoms with Crippen LogP contribution in [-0.2, 0) is 16.0 Å². The Morgan fingerprint density at radius 1 is 1.11 bits per heavy atom. The van der Waals surface area contributed by atoms with Gasteiger partial charge in [-0.05, 0) is 24.5 Å². The van der Waals surface area contributed by atoms with Crippen LogP contribution in [0.4, 0.5) is 13.2 Å². The molecule has 0 bridgehead atoms. The lowest BCUT2D eigenvalue weighted by Gasteiger charge is -2.17. The van der Waals surface area contributed by atoms with Crippen LogP contribution in [0.15, 0.2) is 12.1 Å². The molecule has 0 aliphatic carbocycles. The van der Waals surface area contributed by atoms with Crippen molar-refractivity contribution >= 4 is 0 Å². The summed E-state index contributed by atoms with van der Waals surface area (Å²) in [5, 5.41) is 0. The van der Waals surface area contributed by atoms with Crippen molar-refractivity contribution in [1.29, 1.82) is 0 Å². The molecule has 0 aromatic heterocycles. The second-order valence-corrected chi connectivity index (χ2v) is 3.86. The van der Waals surface area contributed by atoms with Crippen molar-refractivity contribution in [3.63, 3.8) is 0 Å². The minimum atomic E-state index is -1.19. The van der Waals surface area contributed by atoms with Crippen molar-refractivity contribution in [2.75, 3.05) is 20.8 Å². The van der Waals surface area contributed by atoms with Crippen molar-refractivity contribution in [1.82, 2.24) is 5.48 Å². The molecule has 1 aromatic rings. The maximum Gasteiger partial charge on any atom is 0.161 e. The zero-order chi connectivity index (χ0) is 13.5. The van der Waals surface area contributed by atoms with Crippen molar-refractivity contribution < 1.29 is 22.7 Å². The second-order valence-electron chi connectivity index (χ2n) is 3.86. The first kappa shape index (κ1) is 14.9. The van der Waals surface area contributed by atoms with Gasteiger partial charge in [0.05, 0.1) is 7.11 Å². The zero-order valence-electron chi connectivity index (χ0n) is 10.3. The highest BCUT2D eigenvalue weighted by molar-refractivity contribution is 5.21. The summed E-state index contributed by atoms with van der Waals surface area (Å²) in [6, 6.07) is 1.17. The Kier molecular flexibility index (Phi) is 6.11. The highest BCUT2D eigenvalue weighted by Crippen LogP contribution is 2.16. The van der Waals surface area contributed by atoms with Crippen molar-refractivity contribution in [2.45, 2.75) is 18.9 Å². The Morgan fingerprint density at radius 2 is 1.78 bits per heavy atom. The van der Waals surface area contributed by atoms with Crippen molar-refractivity contribution in [3.8, 4) is 0 Å². The van der Waals surface area contributed by atoms with Crippen LogP contribution >= 0.6 is 0 Å². The average molecular weight is 263 g/mol. The summed E-state index contributed by atoms with van der Waals surface area (Å²) in [7, 11) is 2.98. The molecule has 0 aliphatic heterocycles. The predicted octanol–water partition coefficient (Wildman–Crippen LogP) is 2.20. The van der Waals surface area contributed by atoms with Gasteiger partial charge in [-0.2, -0.15) is 5.48 Å². The Hall–Kier alpha value is -1.11. The predicted molar refractivity (Wildman–Crippen MR) is 60.4 cm³/mol. The van der Waals surface area contributed by atoms with Crippen LogP contribution < -0.4 is 5.48 Å². The number of benzene rings is 1. The lowest BCUT2D eigenvalue weighted by atomic mass is 10.0. The minimum Gasteiger partial charge on any atom is -0.385 e. The van der Waals surface area contributed by atoms with Crippen LogP contribution in [0, 0.1) is 17.5 Å². The van der Waals surface area contributed by atoms with Gasteiger partial charge in [0.1, 0.15) is 5.82 Å². The molecule has 0 fully saturated rings. The maximum absolute atomic E-state index is 13.4. The standard InChI is InChI=1S/C12H16F3NO2/c1-17-4-3-9(16-18-2)5-8-6-11(14)12(15)7-10(8)13/h6-7,9,16H,3-5H2,1-2H3/t9-/m0/s1. The van der Waals surface area contributed by atoms with Crippen LogP contribution in [0.2, 0.25) is 0 Å². The van der Waals surface area contributed by atoms with E-state index >= 15 is 0 Å². The molecule has 0 saturated heterocycles. The van der Waals surface area contributed by atoms with E-state index in [4.69, 9.17) is 9.57 Å². The molecule has 3 nitrogen and oxygen atoms in total. The Bertz CT molecular complexity index is 388. The van der Waals surface area contributed by atoms with E-state index in [-0.39, 0.29) is 18.0 Å². The average Bonchev–Trinajstić information content (AvgIpc) is 2.33. The van der Waals surface area contributed by atoms with E-state index in [0.29, 0.717) is 19.1 Å². The van der Waals surface area contributed by atoms with Crippen molar-refractivity contribution in [3.05, 3.63) is 35.1 Å². The molecular weight excluding hydrogens is 247 g/mol. The molecule has 0 heterocycles. The number of hydrogen-bond acceptors (Lipinski definition) is 3. The summed E-state index contributed by atoms with van der Waals surface area (Å²) in [4.78, 5) is 4.77. The Labute approximate surface area is 104 Å². The number of methoxy groups -OCH3 is 1. The normalized spacial score (nSPS) is 12.7. The van der Waals surface area contributed by atoms with E-state index in [1.165, 1.54) is 7.11 Å². The fourth-order valence-electron chi connectivity index (χ4n) is 1.62. The van der Waals surface area contributed by atoms with Crippen molar-refractivity contribution in [2.24, 2.45) is 0 Å². The summed E-state index contributed by atoms with van der Waals surface area (Å²) < 4.78 is 44.2. The second kappa shape index (κ2) is 7.35. The number of hydroxylamine groups is 1. The molecule has 6 heteroatoms. The number of ether oxygens (including phenoxy) is 1. The molecule has 0 radical (unpaired) electrons. The van der Waals surface area contributed by atoms with Gasteiger partial charge in [0.2, 0.25) is 0 Å². The molecule has 1 aromatic carbocycles. The molecule has 18 heavy (non-hydrogen) atoms. The van der Waals surface area contributed by atoms with Gasteiger partial charge in [-0.1, -0.05) is 0 Å². The van der Waals surface area contributed by atoms with Crippen LogP contribution in [0.25, 0.3) is 0 Å². The summed E-state index contributed by atoms with van der Waals surface area (Å²) >= 11 is 0. The number of rotatable bonds is 7. The monoisotopic (exact) mass is 263 g/mol. The first-order valence-electron chi connectivity index (χ1n) is 5.49. The molecule has 0 aliphatic rings. The van der Waals surface area contributed by atoms with Crippen LogP contribution in [0.3, 0.4) is 0 Å². The van der Waals surface area contributed by atoms with E-state index in [9.17, 15) is 13.2 Å². The molecule has 102 valence electrons. The third kappa shape index (κ3) is 4.29. The molecule has 0 unspecified atom stereocenters. The van der Waals surface area contributed by atoms with Gasteiger partial charge in [-0.15, -0.1) is 0 Å². The molecule has 1 N–H and O–H groups in total. The smallest absolute Gasteiger partial charge is 0.161 e. The number of halogens is 3. The minimum absolute atomic E-state index is 0.0968. The third-order valence-electron chi connectivity index (χ3n) is 2.51. The summed E-state index contributed by atoms with van der Waals surface area (Å²) in [5.74, 6) is -3.02. The summed E-state index contributed by atoms with van der Waals surface area (Å²) in [5.41, 5.74) is 2.76. The third-order valence-corrected chi connectivity index (χ3v) is 2.51. The first-order valence-corrected chi connectivity index (χ1v) is 5.49. The lowest BCUT2D eigenvalue weighted by Crippen LogP contribution is -2.31. The maximum atomic E-state index is 13.4. The molecule has 0 amide bonds.